The SMILES string of the molecule is COc1ccc(OCc2ccc(C(N)=S)cc2)c(Br)c1. The molecular formula is C15H14BrNO2S. The quantitative estimate of drug-likeness (QED) is 0.834. The van der Waals surface area contributed by atoms with Crippen LogP contribution < -0.4 is 15.2 Å². The molecule has 2 aromatic rings. The molecule has 0 unspecified atom stereocenters. The van der Waals surface area contributed by atoms with Gasteiger partial charge in [0.1, 0.15) is 23.1 Å². The van der Waals surface area contributed by atoms with E-state index in [9.17, 15) is 0 Å². The Hall–Kier alpha value is -1.59. The zero-order valence-corrected chi connectivity index (χ0v) is 13.3. The van der Waals surface area contributed by atoms with E-state index < -0.39 is 0 Å². The third-order valence-electron chi connectivity index (χ3n) is 2.77. The number of ether oxygens (including phenoxy) is 2. The predicted molar refractivity (Wildman–Crippen MR) is 87.4 cm³/mol. The smallest absolute Gasteiger partial charge is 0.134 e. The van der Waals surface area contributed by atoms with Crippen molar-refractivity contribution in [1.29, 1.82) is 0 Å². The van der Waals surface area contributed by atoms with E-state index in [1.807, 2.05) is 42.5 Å². The third kappa shape index (κ3) is 3.71. The molecule has 2 aromatic carbocycles. The van der Waals surface area contributed by atoms with Crippen LogP contribution in [-0.4, -0.2) is 12.1 Å². The Balaban J connectivity index is 2.03. The lowest BCUT2D eigenvalue weighted by molar-refractivity contribution is 0.303. The van der Waals surface area contributed by atoms with Crippen molar-refractivity contribution in [2.45, 2.75) is 6.61 Å². The van der Waals surface area contributed by atoms with Crippen LogP contribution in [0.2, 0.25) is 0 Å². The monoisotopic (exact) mass is 351 g/mol. The molecule has 0 aliphatic rings. The lowest BCUT2D eigenvalue weighted by atomic mass is 10.1. The van der Waals surface area contributed by atoms with Crippen LogP contribution >= 0.6 is 28.1 Å². The van der Waals surface area contributed by atoms with Crippen LogP contribution in [0.25, 0.3) is 0 Å². The van der Waals surface area contributed by atoms with Crippen LogP contribution in [0.4, 0.5) is 0 Å². The highest BCUT2D eigenvalue weighted by atomic mass is 79.9. The molecule has 104 valence electrons. The highest BCUT2D eigenvalue weighted by Crippen LogP contribution is 2.29. The number of rotatable bonds is 5. The molecule has 2 N–H and O–H groups in total. The van der Waals surface area contributed by atoms with Crippen LogP contribution in [0.3, 0.4) is 0 Å². The van der Waals surface area contributed by atoms with Crippen molar-refractivity contribution >= 4 is 33.1 Å². The Kier molecular flexibility index (Phi) is 4.98. The predicted octanol–water partition coefficient (Wildman–Crippen LogP) is 3.67. The van der Waals surface area contributed by atoms with Crippen LogP contribution in [-0.2, 0) is 6.61 Å². The van der Waals surface area contributed by atoms with Crippen molar-refractivity contribution in [3.8, 4) is 11.5 Å². The molecule has 0 heterocycles. The second-order valence-corrected chi connectivity index (χ2v) is 5.44. The fraction of sp³-hybridized carbons (Fsp3) is 0.133. The second kappa shape index (κ2) is 6.72. The Morgan fingerprint density at radius 1 is 1.20 bits per heavy atom. The van der Waals surface area contributed by atoms with E-state index in [4.69, 9.17) is 27.4 Å². The molecule has 20 heavy (non-hydrogen) atoms. The van der Waals surface area contributed by atoms with Crippen molar-refractivity contribution < 1.29 is 9.47 Å². The van der Waals surface area contributed by atoms with Gasteiger partial charge in [0.2, 0.25) is 0 Å². The van der Waals surface area contributed by atoms with Gasteiger partial charge in [-0.25, -0.2) is 0 Å². The van der Waals surface area contributed by atoms with Gasteiger partial charge in [-0.1, -0.05) is 36.5 Å². The zero-order chi connectivity index (χ0) is 14.5. The number of hydrogen-bond acceptors (Lipinski definition) is 3. The van der Waals surface area contributed by atoms with Crippen molar-refractivity contribution in [3.05, 3.63) is 58.1 Å². The molecule has 2 rings (SSSR count). The molecule has 0 aliphatic carbocycles. The molecule has 0 aromatic heterocycles. The number of benzene rings is 2. The van der Waals surface area contributed by atoms with E-state index in [0.29, 0.717) is 11.6 Å². The lowest BCUT2D eigenvalue weighted by Gasteiger charge is -2.10. The first-order chi connectivity index (χ1) is 9.60. The molecule has 0 atom stereocenters. The van der Waals surface area contributed by atoms with Gasteiger partial charge in [-0.15, -0.1) is 0 Å². The van der Waals surface area contributed by atoms with Gasteiger partial charge in [-0.3, -0.25) is 0 Å². The average molecular weight is 352 g/mol. The van der Waals surface area contributed by atoms with Crippen LogP contribution in [0.1, 0.15) is 11.1 Å². The maximum atomic E-state index is 5.76. The minimum atomic E-state index is 0.398. The number of methoxy groups -OCH3 is 1. The zero-order valence-electron chi connectivity index (χ0n) is 10.9. The summed E-state index contributed by atoms with van der Waals surface area (Å²) in [6.07, 6.45) is 0. The molecule has 0 radical (unpaired) electrons. The van der Waals surface area contributed by atoms with E-state index in [1.165, 1.54) is 0 Å². The maximum Gasteiger partial charge on any atom is 0.134 e. The molecule has 0 aliphatic heterocycles. The van der Waals surface area contributed by atoms with Crippen molar-refractivity contribution in [2.75, 3.05) is 7.11 Å². The van der Waals surface area contributed by atoms with Gasteiger partial charge < -0.3 is 15.2 Å². The number of nitrogens with two attached hydrogens (primary N) is 1. The fourth-order valence-electron chi connectivity index (χ4n) is 1.65. The van der Waals surface area contributed by atoms with Gasteiger partial charge in [-0.2, -0.15) is 0 Å². The van der Waals surface area contributed by atoms with Crippen LogP contribution in [0.5, 0.6) is 11.5 Å². The first kappa shape index (κ1) is 14.8. The van der Waals surface area contributed by atoms with E-state index >= 15 is 0 Å². The van der Waals surface area contributed by atoms with E-state index in [0.717, 1.165) is 27.1 Å². The largest absolute Gasteiger partial charge is 0.497 e. The summed E-state index contributed by atoms with van der Waals surface area (Å²) >= 11 is 8.37. The number of thiocarbonyl (C=S) groups is 1. The molecule has 5 heteroatoms. The first-order valence-corrected chi connectivity index (χ1v) is 7.15. The topological polar surface area (TPSA) is 44.5 Å². The summed E-state index contributed by atoms with van der Waals surface area (Å²) in [6.45, 7) is 0.475. The Morgan fingerprint density at radius 2 is 1.90 bits per heavy atom. The highest BCUT2D eigenvalue weighted by molar-refractivity contribution is 9.10. The molecule has 3 nitrogen and oxygen atoms in total. The van der Waals surface area contributed by atoms with Crippen LogP contribution in [0, 0.1) is 0 Å². The van der Waals surface area contributed by atoms with E-state index in [1.54, 1.807) is 7.11 Å². The summed E-state index contributed by atoms with van der Waals surface area (Å²) in [4.78, 5) is 0.398. The highest BCUT2D eigenvalue weighted by Gasteiger charge is 2.04. The summed E-state index contributed by atoms with van der Waals surface area (Å²) in [6, 6.07) is 13.3. The third-order valence-corrected chi connectivity index (χ3v) is 3.63. The summed E-state index contributed by atoms with van der Waals surface area (Å²) < 4.78 is 11.8. The van der Waals surface area contributed by atoms with Gasteiger partial charge in [0.05, 0.1) is 11.6 Å². The Bertz CT molecular complexity index is 614. The summed E-state index contributed by atoms with van der Waals surface area (Å²) in [5, 5.41) is 0. The Labute approximate surface area is 131 Å². The molecule has 0 fully saturated rings. The van der Waals surface area contributed by atoms with E-state index in [-0.39, 0.29) is 0 Å². The van der Waals surface area contributed by atoms with Gasteiger partial charge in [-0.05, 0) is 39.7 Å². The van der Waals surface area contributed by atoms with Crippen molar-refractivity contribution in [2.24, 2.45) is 5.73 Å². The molecular weight excluding hydrogens is 338 g/mol. The van der Waals surface area contributed by atoms with Crippen LogP contribution in [0.15, 0.2) is 46.9 Å². The summed E-state index contributed by atoms with van der Waals surface area (Å²) in [7, 11) is 1.63. The normalized spacial score (nSPS) is 10.1. The summed E-state index contributed by atoms with van der Waals surface area (Å²) in [5.74, 6) is 1.55. The molecule has 0 amide bonds. The summed E-state index contributed by atoms with van der Waals surface area (Å²) in [5.41, 5.74) is 7.46. The van der Waals surface area contributed by atoms with Crippen molar-refractivity contribution in [3.63, 3.8) is 0 Å². The van der Waals surface area contributed by atoms with Gasteiger partial charge in [0.15, 0.2) is 0 Å². The second-order valence-electron chi connectivity index (χ2n) is 4.15. The molecule has 0 spiro atoms. The standard InChI is InChI=1S/C15H14BrNO2S/c1-18-12-6-7-14(13(16)8-12)19-9-10-2-4-11(5-3-10)15(17)20/h2-8H,9H2,1H3,(H2,17,20). The number of hydrogen-bond donors (Lipinski definition) is 1. The molecule has 0 bridgehead atoms. The molecule has 0 saturated carbocycles. The van der Waals surface area contributed by atoms with E-state index in [2.05, 4.69) is 15.9 Å². The minimum absolute atomic E-state index is 0.398. The molecule has 0 saturated heterocycles. The van der Waals surface area contributed by atoms with Gasteiger partial charge in [0, 0.05) is 5.56 Å². The number of halogens is 1. The lowest BCUT2D eigenvalue weighted by Crippen LogP contribution is -2.09. The average Bonchev–Trinajstić information content (AvgIpc) is 2.46. The minimum Gasteiger partial charge on any atom is -0.497 e. The fourth-order valence-corrected chi connectivity index (χ4v) is 2.26. The first-order valence-electron chi connectivity index (χ1n) is 5.95. The van der Waals surface area contributed by atoms with Crippen molar-refractivity contribution in [1.82, 2.24) is 0 Å². The van der Waals surface area contributed by atoms with Gasteiger partial charge in [0.25, 0.3) is 0 Å². The van der Waals surface area contributed by atoms with Gasteiger partial charge >= 0.3 is 0 Å². The maximum absolute atomic E-state index is 5.76. The Morgan fingerprint density at radius 3 is 2.45 bits per heavy atom.